The predicted molar refractivity (Wildman–Crippen MR) is 113 cm³/mol. The minimum Gasteiger partial charge on any atom is -0.353 e. The van der Waals surface area contributed by atoms with Gasteiger partial charge in [0.2, 0.25) is 11.8 Å². The van der Waals surface area contributed by atoms with Crippen LogP contribution < -0.4 is 16.2 Å². The molecule has 160 valence electrons. The fourth-order valence-electron chi connectivity index (χ4n) is 4.86. The molecule has 2 saturated carbocycles. The molecule has 1 heterocycles. The van der Waals surface area contributed by atoms with Crippen molar-refractivity contribution in [1.29, 1.82) is 0 Å². The van der Waals surface area contributed by atoms with E-state index in [1.54, 1.807) is 0 Å². The fraction of sp³-hybridized carbons (Fsp3) is 0.696. The van der Waals surface area contributed by atoms with Crippen LogP contribution in [0.1, 0.15) is 81.0 Å². The van der Waals surface area contributed by atoms with Crippen molar-refractivity contribution in [1.82, 2.24) is 15.6 Å². The third-order valence-electron chi connectivity index (χ3n) is 6.60. The Balaban J connectivity index is 1.40. The number of nitrogens with one attached hydrogen (secondary N) is 3. The van der Waals surface area contributed by atoms with E-state index >= 15 is 0 Å². The van der Waals surface area contributed by atoms with Crippen LogP contribution in [-0.2, 0) is 16.1 Å². The number of pyridine rings is 1. The van der Waals surface area contributed by atoms with Crippen LogP contribution in [0.15, 0.2) is 10.9 Å². The van der Waals surface area contributed by atoms with Gasteiger partial charge in [-0.2, -0.15) is 0 Å². The van der Waals surface area contributed by atoms with Gasteiger partial charge in [-0.15, -0.1) is 0 Å². The van der Waals surface area contributed by atoms with E-state index < -0.39 is 0 Å². The summed E-state index contributed by atoms with van der Waals surface area (Å²) in [5.74, 6) is 0.709. The van der Waals surface area contributed by atoms with Gasteiger partial charge in [-0.25, -0.2) is 0 Å². The fourth-order valence-corrected chi connectivity index (χ4v) is 4.86. The monoisotopic (exact) mass is 401 g/mol. The molecule has 1 aromatic rings. The van der Waals surface area contributed by atoms with Gasteiger partial charge in [0.15, 0.2) is 0 Å². The number of amides is 2. The highest BCUT2D eigenvalue weighted by atomic mass is 16.2. The maximum atomic E-state index is 12.5. The van der Waals surface area contributed by atoms with Crippen LogP contribution in [0.3, 0.4) is 0 Å². The third-order valence-corrected chi connectivity index (χ3v) is 6.60. The highest BCUT2D eigenvalue weighted by Crippen LogP contribution is 2.27. The Bertz CT molecular complexity index is 772. The molecule has 6 heteroatoms. The first-order valence-electron chi connectivity index (χ1n) is 11.2. The lowest BCUT2D eigenvalue weighted by molar-refractivity contribution is -0.126. The molecule has 0 aromatic carbocycles. The van der Waals surface area contributed by atoms with Gasteiger partial charge in [-0.1, -0.05) is 19.3 Å². The van der Waals surface area contributed by atoms with E-state index in [1.165, 1.54) is 32.1 Å². The molecule has 2 aliphatic carbocycles. The summed E-state index contributed by atoms with van der Waals surface area (Å²) in [6.45, 7) is 4.01. The van der Waals surface area contributed by atoms with Crippen molar-refractivity contribution in [2.24, 2.45) is 11.8 Å². The Hall–Kier alpha value is -2.11. The second-order valence-electron chi connectivity index (χ2n) is 8.99. The maximum Gasteiger partial charge on any atom is 0.253 e. The van der Waals surface area contributed by atoms with Gasteiger partial charge in [0, 0.05) is 36.2 Å². The summed E-state index contributed by atoms with van der Waals surface area (Å²) in [7, 11) is 0. The summed E-state index contributed by atoms with van der Waals surface area (Å²) in [6, 6.07) is 2.11. The van der Waals surface area contributed by atoms with E-state index in [9.17, 15) is 14.4 Å². The molecule has 0 bridgehead atoms. The topological polar surface area (TPSA) is 91.1 Å². The largest absolute Gasteiger partial charge is 0.353 e. The van der Waals surface area contributed by atoms with Crippen LogP contribution in [0.25, 0.3) is 0 Å². The van der Waals surface area contributed by atoms with E-state index in [-0.39, 0.29) is 35.9 Å². The van der Waals surface area contributed by atoms with Crippen molar-refractivity contribution in [3.8, 4) is 0 Å². The second-order valence-corrected chi connectivity index (χ2v) is 8.99. The number of hydrogen-bond donors (Lipinski definition) is 3. The number of H-pyrrole nitrogens is 1. The summed E-state index contributed by atoms with van der Waals surface area (Å²) in [5, 5.41) is 6.12. The lowest BCUT2D eigenvalue weighted by Gasteiger charge is -2.29. The van der Waals surface area contributed by atoms with Gasteiger partial charge in [0.25, 0.3) is 5.56 Å². The maximum absolute atomic E-state index is 12.5. The normalized spacial score (nSPS) is 22.8. The van der Waals surface area contributed by atoms with E-state index in [1.807, 2.05) is 19.9 Å². The minimum absolute atomic E-state index is 0.0105. The molecule has 0 aliphatic heterocycles. The first-order chi connectivity index (χ1) is 13.9. The zero-order valence-corrected chi connectivity index (χ0v) is 17.8. The van der Waals surface area contributed by atoms with Crippen LogP contribution >= 0.6 is 0 Å². The van der Waals surface area contributed by atoms with Crippen LogP contribution in [0.2, 0.25) is 0 Å². The molecule has 29 heavy (non-hydrogen) atoms. The molecule has 2 aliphatic rings. The Morgan fingerprint density at radius 3 is 2.38 bits per heavy atom. The summed E-state index contributed by atoms with van der Waals surface area (Å²) in [6.07, 6.45) is 10.1. The van der Waals surface area contributed by atoms with Crippen LogP contribution in [0, 0.1) is 25.7 Å². The van der Waals surface area contributed by atoms with E-state index in [0.29, 0.717) is 17.9 Å². The van der Waals surface area contributed by atoms with Gasteiger partial charge in [0.1, 0.15) is 0 Å². The molecule has 2 amide bonds. The van der Waals surface area contributed by atoms with Crippen molar-refractivity contribution < 1.29 is 9.59 Å². The lowest BCUT2D eigenvalue weighted by Crippen LogP contribution is -2.41. The summed E-state index contributed by atoms with van der Waals surface area (Å²) in [4.78, 5) is 39.7. The van der Waals surface area contributed by atoms with E-state index in [2.05, 4.69) is 15.6 Å². The van der Waals surface area contributed by atoms with Crippen LogP contribution in [0.5, 0.6) is 0 Å². The molecular formula is C23H35N3O3. The summed E-state index contributed by atoms with van der Waals surface area (Å²) < 4.78 is 0. The van der Waals surface area contributed by atoms with Crippen molar-refractivity contribution in [2.75, 3.05) is 0 Å². The molecule has 0 saturated heterocycles. The summed E-state index contributed by atoms with van der Waals surface area (Å²) in [5.41, 5.74) is 2.21. The number of aromatic amines is 1. The SMILES string of the molecule is Cc1cc(C)c(CNC(=O)C2CCC(NC(=O)CC3CCCCC3)CC2)c(=O)[nH]1. The number of rotatable bonds is 6. The zero-order valence-electron chi connectivity index (χ0n) is 17.8. The first kappa shape index (κ1) is 21.6. The molecule has 0 unspecified atom stereocenters. The van der Waals surface area contributed by atoms with Gasteiger partial charge in [-0.05, 0) is 69.9 Å². The number of hydrogen-bond acceptors (Lipinski definition) is 3. The predicted octanol–water partition coefficient (Wildman–Crippen LogP) is 3.25. The van der Waals surface area contributed by atoms with Crippen molar-refractivity contribution >= 4 is 11.8 Å². The smallest absolute Gasteiger partial charge is 0.253 e. The minimum atomic E-state index is -0.132. The van der Waals surface area contributed by atoms with Gasteiger partial charge < -0.3 is 15.6 Å². The highest BCUT2D eigenvalue weighted by Gasteiger charge is 2.28. The Morgan fingerprint density at radius 1 is 1.03 bits per heavy atom. The highest BCUT2D eigenvalue weighted by molar-refractivity contribution is 5.79. The number of aryl methyl sites for hydroxylation is 2. The Labute approximate surface area is 173 Å². The number of aromatic nitrogens is 1. The average Bonchev–Trinajstić information content (AvgIpc) is 2.68. The second kappa shape index (κ2) is 10.1. The molecule has 1 aromatic heterocycles. The van der Waals surface area contributed by atoms with Gasteiger partial charge in [-0.3, -0.25) is 14.4 Å². The molecule has 3 rings (SSSR count). The Kier molecular flexibility index (Phi) is 7.51. The quantitative estimate of drug-likeness (QED) is 0.683. The van der Waals surface area contributed by atoms with Crippen LogP contribution in [0.4, 0.5) is 0 Å². The molecular weight excluding hydrogens is 366 g/mol. The number of carbonyl (C=O) groups is 2. The van der Waals surface area contributed by atoms with Crippen molar-refractivity contribution in [3.05, 3.63) is 33.2 Å². The molecule has 3 N–H and O–H groups in total. The molecule has 0 radical (unpaired) electrons. The van der Waals surface area contributed by atoms with E-state index in [0.717, 1.165) is 36.9 Å². The van der Waals surface area contributed by atoms with Gasteiger partial charge >= 0.3 is 0 Å². The van der Waals surface area contributed by atoms with Gasteiger partial charge in [0.05, 0.1) is 0 Å². The van der Waals surface area contributed by atoms with Crippen molar-refractivity contribution in [2.45, 2.75) is 90.6 Å². The Morgan fingerprint density at radius 2 is 1.72 bits per heavy atom. The van der Waals surface area contributed by atoms with Crippen molar-refractivity contribution in [3.63, 3.8) is 0 Å². The van der Waals surface area contributed by atoms with E-state index in [4.69, 9.17) is 0 Å². The van der Waals surface area contributed by atoms with Crippen LogP contribution in [-0.4, -0.2) is 22.8 Å². The molecule has 6 nitrogen and oxygen atoms in total. The molecule has 2 fully saturated rings. The lowest BCUT2D eigenvalue weighted by atomic mass is 9.84. The molecule has 0 atom stereocenters. The number of carbonyl (C=O) groups excluding carboxylic acids is 2. The first-order valence-corrected chi connectivity index (χ1v) is 11.2. The zero-order chi connectivity index (χ0) is 20.8. The summed E-state index contributed by atoms with van der Waals surface area (Å²) >= 11 is 0. The third kappa shape index (κ3) is 6.18. The molecule has 0 spiro atoms. The standard InChI is InChI=1S/C23H35N3O3/c1-15-12-16(2)25-23(29)20(15)14-24-22(28)18-8-10-19(11-9-18)26-21(27)13-17-6-4-3-5-7-17/h12,17-19H,3-11,13-14H2,1-2H3,(H,24,28)(H,25,29)(H,26,27). The average molecular weight is 402 g/mol.